The summed E-state index contributed by atoms with van der Waals surface area (Å²) < 4.78 is 2.10. The maximum absolute atomic E-state index is 12.3. The van der Waals surface area contributed by atoms with Crippen LogP contribution in [0.1, 0.15) is 30.6 Å². The van der Waals surface area contributed by atoms with Crippen molar-refractivity contribution in [3.63, 3.8) is 0 Å². The quantitative estimate of drug-likeness (QED) is 0.884. The zero-order chi connectivity index (χ0) is 16.4. The Kier molecular flexibility index (Phi) is 4.41. The van der Waals surface area contributed by atoms with Gasteiger partial charge in [-0.25, -0.2) is 0 Å². The Hall–Kier alpha value is -2.24. The highest BCUT2D eigenvalue weighted by atomic mass is 32.1. The third kappa shape index (κ3) is 3.25. The third-order valence-corrected chi connectivity index (χ3v) is 4.86. The van der Waals surface area contributed by atoms with E-state index in [2.05, 4.69) is 31.5 Å². The first-order valence-electron chi connectivity index (χ1n) is 7.51. The minimum atomic E-state index is -0.341. The van der Waals surface area contributed by atoms with Crippen LogP contribution in [0.25, 0.3) is 0 Å². The summed E-state index contributed by atoms with van der Waals surface area (Å²) in [6.45, 7) is 4.55. The van der Waals surface area contributed by atoms with Crippen molar-refractivity contribution in [1.82, 2.24) is 20.1 Å². The Balaban J connectivity index is 1.59. The van der Waals surface area contributed by atoms with Crippen molar-refractivity contribution in [1.29, 1.82) is 5.26 Å². The van der Waals surface area contributed by atoms with Crippen molar-refractivity contribution in [2.45, 2.75) is 45.3 Å². The molecule has 0 fully saturated rings. The minimum absolute atomic E-state index is 0.129. The molecule has 8 heteroatoms. The zero-order valence-electron chi connectivity index (χ0n) is 13.0. The topological polar surface area (TPSA) is 95.6 Å². The molecule has 2 aromatic heterocycles. The largest absolute Gasteiger partial charge is 0.315 e. The average molecular weight is 330 g/mol. The minimum Gasteiger partial charge on any atom is -0.315 e. The molecule has 2 N–H and O–H groups in total. The number of carbonyl (C=O) groups is 1. The highest BCUT2D eigenvalue weighted by molar-refractivity contribution is 7.14. The molecule has 0 bridgehead atoms. The van der Waals surface area contributed by atoms with Gasteiger partial charge in [0.1, 0.15) is 22.7 Å². The van der Waals surface area contributed by atoms with E-state index < -0.39 is 0 Å². The van der Waals surface area contributed by atoms with Crippen molar-refractivity contribution in [2.75, 3.05) is 5.32 Å². The Bertz CT molecular complexity index is 758. The van der Waals surface area contributed by atoms with E-state index in [9.17, 15) is 4.79 Å². The van der Waals surface area contributed by atoms with Gasteiger partial charge < -0.3 is 15.2 Å². The molecule has 2 aromatic rings. The maximum Gasteiger partial charge on any atom is 0.241 e. The molecule has 0 aliphatic carbocycles. The van der Waals surface area contributed by atoms with Crippen LogP contribution in [0.4, 0.5) is 5.00 Å². The fourth-order valence-electron chi connectivity index (χ4n) is 2.74. The van der Waals surface area contributed by atoms with Crippen molar-refractivity contribution in [2.24, 2.45) is 0 Å². The lowest BCUT2D eigenvalue weighted by Crippen LogP contribution is -2.47. The van der Waals surface area contributed by atoms with E-state index in [0.717, 1.165) is 31.0 Å². The molecule has 0 spiro atoms. The smallest absolute Gasteiger partial charge is 0.241 e. The molecule has 2 atom stereocenters. The molecule has 0 saturated carbocycles. The molecule has 120 valence electrons. The number of aryl methyl sites for hydroxylation is 2. The maximum atomic E-state index is 12.3. The summed E-state index contributed by atoms with van der Waals surface area (Å²) in [5.74, 6) is 1.78. The summed E-state index contributed by atoms with van der Waals surface area (Å²) in [4.78, 5) is 12.3. The molecule has 7 nitrogen and oxygen atoms in total. The lowest BCUT2D eigenvalue weighted by atomic mass is 10.1. The Morgan fingerprint density at radius 2 is 2.39 bits per heavy atom. The second kappa shape index (κ2) is 6.48. The first-order valence-corrected chi connectivity index (χ1v) is 8.39. The predicted molar refractivity (Wildman–Crippen MR) is 87.1 cm³/mol. The number of thiophene rings is 1. The third-order valence-electron chi connectivity index (χ3n) is 4.03. The fraction of sp³-hybridized carbons (Fsp3) is 0.467. The highest BCUT2D eigenvalue weighted by Crippen LogP contribution is 2.22. The van der Waals surface area contributed by atoms with Crippen LogP contribution < -0.4 is 10.6 Å². The number of nitrogens with zero attached hydrogens (tertiary/aromatic N) is 4. The number of rotatable bonds is 4. The molecule has 0 saturated heterocycles. The van der Waals surface area contributed by atoms with Crippen molar-refractivity contribution in [3.8, 4) is 6.07 Å². The van der Waals surface area contributed by atoms with E-state index in [4.69, 9.17) is 5.26 Å². The number of amides is 1. The Morgan fingerprint density at radius 3 is 3.17 bits per heavy atom. The van der Waals surface area contributed by atoms with Gasteiger partial charge in [-0.3, -0.25) is 4.79 Å². The van der Waals surface area contributed by atoms with Gasteiger partial charge in [-0.1, -0.05) is 0 Å². The van der Waals surface area contributed by atoms with E-state index >= 15 is 0 Å². The van der Waals surface area contributed by atoms with Gasteiger partial charge in [0.15, 0.2) is 0 Å². The van der Waals surface area contributed by atoms with Crippen LogP contribution in [0.2, 0.25) is 0 Å². The van der Waals surface area contributed by atoms with E-state index in [1.807, 2.05) is 13.8 Å². The van der Waals surface area contributed by atoms with Gasteiger partial charge in [0, 0.05) is 19.0 Å². The van der Waals surface area contributed by atoms with Gasteiger partial charge in [0.2, 0.25) is 5.91 Å². The standard InChI is InChI=1S/C15H18N6OS/c1-9(14(22)18-15-11(7-16)5-6-23-15)17-12-3-4-13-20-19-10(2)21(13)8-12/h5-6,9,12,17H,3-4,8H2,1-2H3,(H,18,22)/t9-,12-/m1/s1. The van der Waals surface area contributed by atoms with Crippen molar-refractivity contribution >= 4 is 22.2 Å². The number of hydrogen-bond acceptors (Lipinski definition) is 6. The molecule has 0 aromatic carbocycles. The highest BCUT2D eigenvalue weighted by Gasteiger charge is 2.25. The fourth-order valence-corrected chi connectivity index (χ4v) is 3.48. The van der Waals surface area contributed by atoms with Crippen LogP contribution in [0.15, 0.2) is 11.4 Å². The normalized spacial score (nSPS) is 18.0. The van der Waals surface area contributed by atoms with Crippen LogP contribution in [0, 0.1) is 18.3 Å². The summed E-state index contributed by atoms with van der Waals surface area (Å²) in [5, 5.41) is 25.8. The molecule has 1 aliphatic heterocycles. The molecule has 1 amide bonds. The first-order chi connectivity index (χ1) is 11.1. The number of hydrogen-bond donors (Lipinski definition) is 2. The SMILES string of the molecule is Cc1nnc2n1C[C@H](N[C@H](C)C(=O)Nc1sccc1C#N)CC2. The van der Waals surface area contributed by atoms with Gasteiger partial charge in [0.25, 0.3) is 0 Å². The molecule has 0 unspecified atom stereocenters. The monoisotopic (exact) mass is 330 g/mol. The molecule has 1 aliphatic rings. The van der Waals surface area contributed by atoms with Crippen LogP contribution in [-0.2, 0) is 17.8 Å². The van der Waals surface area contributed by atoms with Crippen molar-refractivity contribution < 1.29 is 4.79 Å². The molecular formula is C15H18N6OS. The summed E-state index contributed by atoms with van der Waals surface area (Å²) in [5.41, 5.74) is 0.498. The van der Waals surface area contributed by atoms with Gasteiger partial charge in [-0.15, -0.1) is 21.5 Å². The van der Waals surface area contributed by atoms with Crippen LogP contribution in [0.3, 0.4) is 0 Å². The summed E-state index contributed by atoms with van der Waals surface area (Å²) in [6.07, 6.45) is 1.79. The number of nitrogens with one attached hydrogen (secondary N) is 2. The van der Waals surface area contributed by atoms with Gasteiger partial charge >= 0.3 is 0 Å². The molecule has 3 heterocycles. The molecule has 23 heavy (non-hydrogen) atoms. The van der Waals surface area contributed by atoms with E-state index in [0.29, 0.717) is 10.6 Å². The van der Waals surface area contributed by atoms with E-state index in [1.54, 1.807) is 11.4 Å². The summed E-state index contributed by atoms with van der Waals surface area (Å²) >= 11 is 1.36. The number of anilines is 1. The molecule has 0 radical (unpaired) electrons. The number of aromatic nitrogens is 3. The number of carbonyl (C=O) groups excluding carboxylic acids is 1. The summed E-state index contributed by atoms with van der Waals surface area (Å²) in [7, 11) is 0. The average Bonchev–Trinajstić information content (AvgIpc) is 3.14. The van der Waals surface area contributed by atoms with Gasteiger partial charge in [0.05, 0.1) is 11.6 Å². The van der Waals surface area contributed by atoms with E-state index in [-0.39, 0.29) is 18.0 Å². The number of fused-ring (bicyclic) bond motifs is 1. The van der Waals surface area contributed by atoms with Gasteiger partial charge in [-0.2, -0.15) is 5.26 Å². The Morgan fingerprint density at radius 1 is 1.57 bits per heavy atom. The Labute approximate surface area is 138 Å². The second-order valence-electron chi connectivity index (χ2n) is 5.66. The first kappa shape index (κ1) is 15.6. The molecular weight excluding hydrogens is 312 g/mol. The van der Waals surface area contributed by atoms with Crippen molar-refractivity contribution in [3.05, 3.63) is 28.7 Å². The van der Waals surface area contributed by atoms with Crippen LogP contribution in [0.5, 0.6) is 0 Å². The van der Waals surface area contributed by atoms with E-state index in [1.165, 1.54) is 11.3 Å². The molecule has 3 rings (SSSR count). The van der Waals surface area contributed by atoms with Crippen LogP contribution in [-0.4, -0.2) is 32.8 Å². The van der Waals surface area contributed by atoms with Gasteiger partial charge in [-0.05, 0) is 31.7 Å². The van der Waals surface area contributed by atoms with Crippen LogP contribution >= 0.6 is 11.3 Å². The lowest BCUT2D eigenvalue weighted by Gasteiger charge is -2.27. The lowest BCUT2D eigenvalue weighted by molar-refractivity contribution is -0.118. The predicted octanol–water partition coefficient (Wildman–Crippen LogP) is 1.45. The number of nitriles is 1. The summed E-state index contributed by atoms with van der Waals surface area (Å²) in [6, 6.07) is 3.64. The second-order valence-corrected chi connectivity index (χ2v) is 6.58. The zero-order valence-corrected chi connectivity index (χ0v) is 13.9.